The third-order valence-electron chi connectivity index (χ3n) is 6.66. The molecule has 7 nitrogen and oxygen atoms in total. The van der Waals surface area contributed by atoms with Crippen LogP contribution in [0.1, 0.15) is 58.8 Å². The van der Waals surface area contributed by atoms with Crippen LogP contribution in [0.5, 0.6) is 0 Å². The first-order chi connectivity index (χ1) is 12.8. The second-order valence-corrected chi connectivity index (χ2v) is 9.08. The van der Waals surface area contributed by atoms with Crippen molar-refractivity contribution in [2.75, 3.05) is 20.1 Å². The largest absolute Gasteiger partial charge is 0.355 e. The molecule has 0 heterocycles. The van der Waals surface area contributed by atoms with E-state index in [0.717, 1.165) is 43.4 Å². The van der Waals surface area contributed by atoms with Crippen LogP contribution in [0.2, 0.25) is 0 Å². The minimum atomic E-state index is -0.556. The Hall–Kier alpha value is -1.63. The lowest BCUT2D eigenvalue weighted by Gasteiger charge is -2.56. The Balaban J connectivity index is 1.47. The van der Waals surface area contributed by atoms with Gasteiger partial charge in [0.2, 0.25) is 11.8 Å². The summed E-state index contributed by atoms with van der Waals surface area (Å²) in [5.41, 5.74) is -0.117. The molecule has 7 heteroatoms. The maximum absolute atomic E-state index is 12.5. The van der Waals surface area contributed by atoms with Gasteiger partial charge in [0.05, 0.1) is 12.6 Å². The molecule has 0 radical (unpaired) electrons. The Kier molecular flexibility index (Phi) is 6.08. The van der Waals surface area contributed by atoms with E-state index in [4.69, 9.17) is 0 Å². The first-order valence-corrected chi connectivity index (χ1v) is 10.4. The summed E-state index contributed by atoms with van der Waals surface area (Å²) in [6.45, 7) is 4.45. The average Bonchev–Trinajstić information content (AvgIpc) is 2.57. The highest BCUT2D eigenvalue weighted by Gasteiger charge is 2.51. The quantitative estimate of drug-likeness (QED) is 0.628. The molecule has 0 aromatic heterocycles. The molecular formula is C20H34N4O3. The zero-order valence-electron chi connectivity index (χ0n) is 16.8. The lowest BCUT2D eigenvalue weighted by molar-refractivity contribution is -0.126. The molecule has 152 valence electrons. The summed E-state index contributed by atoms with van der Waals surface area (Å²) in [6, 6.07) is -0.947. The van der Waals surface area contributed by atoms with Gasteiger partial charge in [-0.15, -0.1) is 0 Å². The highest BCUT2D eigenvalue weighted by Crippen LogP contribution is 2.55. The van der Waals surface area contributed by atoms with E-state index in [1.54, 1.807) is 18.9 Å². The van der Waals surface area contributed by atoms with Crippen molar-refractivity contribution in [2.24, 2.45) is 17.8 Å². The number of hydrogen-bond donors (Lipinski definition) is 3. The molecule has 4 amide bonds. The molecule has 27 heavy (non-hydrogen) atoms. The van der Waals surface area contributed by atoms with Crippen molar-refractivity contribution in [1.29, 1.82) is 0 Å². The highest BCUT2D eigenvalue weighted by molar-refractivity contribution is 5.97. The second kappa shape index (κ2) is 8.17. The van der Waals surface area contributed by atoms with Gasteiger partial charge in [-0.2, -0.15) is 0 Å². The molecule has 0 aromatic carbocycles. The summed E-state index contributed by atoms with van der Waals surface area (Å²) in [5.74, 6) is 1.72. The molecule has 4 aliphatic carbocycles. The fraction of sp³-hybridized carbons (Fsp3) is 0.850. The number of urea groups is 1. The van der Waals surface area contributed by atoms with Crippen molar-refractivity contribution >= 4 is 17.8 Å². The van der Waals surface area contributed by atoms with E-state index >= 15 is 0 Å². The number of amides is 4. The van der Waals surface area contributed by atoms with Crippen LogP contribution in [0.3, 0.4) is 0 Å². The highest BCUT2D eigenvalue weighted by atomic mass is 16.2. The van der Waals surface area contributed by atoms with Crippen molar-refractivity contribution < 1.29 is 14.4 Å². The summed E-state index contributed by atoms with van der Waals surface area (Å²) in [7, 11) is 1.72. The summed E-state index contributed by atoms with van der Waals surface area (Å²) < 4.78 is 0. The Morgan fingerprint density at radius 1 is 1.07 bits per heavy atom. The van der Waals surface area contributed by atoms with Gasteiger partial charge in [0.1, 0.15) is 0 Å². The topological polar surface area (TPSA) is 90.5 Å². The van der Waals surface area contributed by atoms with Crippen molar-refractivity contribution in [2.45, 2.75) is 70.4 Å². The minimum absolute atomic E-state index is 0.114. The number of hydrogen-bond acceptors (Lipinski definition) is 4. The minimum Gasteiger partial charge on any atom is -0.355 e. The van der Waals surface area contributed by atoms with Crippen LogP contribution in [0.25, 0.3) is 0 Å². The molecule has 4 rings (SSSR count). The predicted octanol–water partition coefficient (Wildman–Crippen LogP) is 1.63. The molecule has 0 unspecified atom stereocenters. The summed E-state index contributed by atoms with van der Waals surface area (Å²) in [5, 5.41) is 8.43. The van der Waals surface area contributed by atoms with E-state index < -0.39 is 12.1 Å². The average molecular weight is 379 g/mol. The predicted molar refractivity (Wildman–Crippen MR) is 103 cm³/mol. The first-order valence-electron chi connectivity index (χ1n) is 10.4. The SMILES string of the molecule is CCCNC(=O)CN(C)[C@H](C)C(=O)NC(=O)NC12CC3CC(CC(C3)C1)C2. The van der Waals surface area contributed by atoms with Gasteiger partial charge in [0.15, 0.2) is 0 Å². The fourth-order valence-electron chi connectivity index (χ4n) is 5.64. The number of likely N-dealkylation sites (N-methyl/N-ethyl adjacent to an activating group) is 1. The molecule has 0 aliphatic heterocycles. The van der Waals surface area contributed by atoms with Crippen LogP contribution in [0.15, 0.2) is 0 Å². The molecule has 0 spiro atoms. The van der Waals surface area contributed by atoms with Crippen molar-refractivity contribution in [3.63, 3.8) is 0 Å². The van der Waals surface area contributed by atoms with Gasteiger partial charge in [-0.1, -0.05) is 6.92 Å². The van der Waals surface area contributed by atoms with Crippen molar-refractivity contribution in [3.05, 3.63) is 0 Å². The van der Waals surface area contributed by atoms with Crippen LogP contribution in [-0.2, 0) is 9.59 Å². The lowest BCUT2D eigenvalue weighted by atomic mass is 9.53. The molecule has 4 fully saturated rings. The molecule has 3 N–H and O–H groups in total. The standard InChI is InChI=1S/C20H34N4O3/c1-4-5-21-17(25)12-24(3)13(2)18(26)22-19(27)23-20-9-14-6-15(10-20)8-16(7-14)11-20/h13-16H,4-12H2,1-3H3,(H,21,25)(H2,22,23,26,27)/t13-,14?,15?,16?,20?/m1/s1. The van der Waals surface area contributed by atoms with Crippen LogP contribution >= 0.6 is 0 Å². The Bertz CT molecular complexity index is 556. The van der Waals surface area contributed by atoms with E-state index in [0.29, 0.717) is 6.54 Å². The summed E-state index contributed by atoms with van der Waals surface area (Å²) >= 11 is 0. The van der Waals surface area contributed by atoms with Gasteiger partial charge in [-0.25, -0.2) is 4.79 Å². The monoisotopic (exact) mass is 378 g/mol. The zero-order valence-corrected chi connectivity index (χ0v) is 16.8. The van der Waals surface area contributed by atoms with Gasteiger partial charge >= 0.3 is 6.03 Å². The van der Waals surface area contributed by atoms with Gasteiger partial charge in [0, 0.05) is 12.1 Å². The smallest absolute Gasteiger partial charge is 0.321 e. The van der Waals surface area contributed by atoms with Crippen LogP contribution < -0.4 is 16.0 Å². The molecular weight excluding hydrogens is 344 g/mol. The first kappa shape index (κ1) is 20.1. The Labute approximate surface area is 162 Å². The van der Waals surface area contributed by atoms with Crippen LogP contribution in [0.4, 0.5) is 4.79 Å². The van der Waals surface area contributed by atoms with Gasteiger partial charge < -0.3 is 10.6 Å². The number of imide groups is 1. The molecule has 4 bridgehead atoms. The molecule has 4 saturated carbocycles. The van der Waals surface area contributed by atoms with E-state index in [9.17, 15) is 14.4 Å². The number of carbonyl (C=O) groups is 3. The third kappa shape index (κ3) is 4.81. The second-order valence-electron chi connectivity index (χ2n) is 9.08. The number of carbonyl (C=O) groups excluding carboxylic acids is 3. The van der Waals surface area contributed by atoms with E-state index in [2.05, 4.69) is 16.0 Å². The number of rotatable bonds is 7. The maximum atomic E-state index is 12.5. The van der Waals surface area contributed by atoms with Gasteiger partial charge in [-0.05, 0) is 76.7 Å². The van der Waals surface area contributed by atoms with E-state index in [-0.39, 0.29) is 23.9 Å². The van der Waals surface area contributed by atoms with Crippen molar-refractivity contribution in [3.8, 4) is 0 Å². The molecule has 0 saturated heterocycles. The number of nitrogens with zero attached hydrogens (tertiary/aromatic N) is 1. The molecule has 1 atom stereocenters. The molecule has 4 aliphatic rings. The van der Waals surface area contributed by atoms with E-state index in [1.165, 1.54) is 19.3 Å². The zero-order chi connectivity index (χ0) is 19.6. The number of nitrogens with one attached hydrogen (secondary N) is 3. The van der Waals surface area contributed by atoms with Crippen LogP contribution in [-0.4, -0.2) is 54.5 Å². The third-order valence-corrected chi connectivity index (χ3v) is 6.66. The Morgan fingerprint density at radius 2 is 1.63 bits per heavy atom. The molecule has 0 aromatic rings. The summed E-state index contributed by atoms with van der Waals surface area (Å²) in [6.07, 6.45) is 7.95. The summed E-state index contributed by atoms with van der Waals surface area (Å²) in [4.78, 5) is 38.4. The lowest BCUT2D eigenvalue weighted by Crippen LogP contribution is -2.62. The van der Waals surface area contributed by atoms with Crippen molar-refractivity contribution in [1.82, 2.24) is 20.9 Å². The Morgan fingerprint density at radius 3 is 2.15 bits per heavy atom. The van der Waals surface area contributed by atoms with Gasteiger partial charge in [-0.3, -0.25) is 19.8 Å². The van der Waals surface area contributed by atoms with E-state index in [1.807, 2.05) is 6.92 Å². The normalized spacial score (nSPS) is 32.2. The maximum Gasteiger partial charge on any atom is 0.321 e. The van der Waals surface area contributed by atoms with Gasteiger partial charge in [0.25, 0.3) is 0 Å². The van der Waals surface area contributed by atoms with Crippen LogP contribution in [0, 0.1) is 17.8 Å². The fourth-order valence-corrected chi connectivity index (χ4v) is 5.64.